The van der Waals surface area contributed by atoms with Crippen LogP contribution in [0, 0.1) is 5.82 Å². The summed E-state index contributed by atoms with van der Waals surface area (Å²) in [7, 11) is 0. The van der Waals surface area contributed by atoms with E-state index in [2.05, 4.69) is 15.2 Å². The van der Waals surface area contributed by atoms with Crippen molar-refractivity contribution in [2.24, 2.45) is 0 Å². The van der Waals surface area contributed by atoms with Gasteiger partial charge in [-0.25, -0.2) is 4.39 Å². The first-order valence-electron chi connectivity index (χ1n) is 6.44. The molecule has 5 heteroatoms. The largest absolute Gasteiger partial charge is 0.255 e. The van der Waals surface area contributed by atoms with Crippen molar-refractivity contribution in [3.05, 3.63) is 72.2 Å². The molecule has 0 atom stereocenters. The third-order valence-corrected chi connectivity index (χ3v) is 3.87. The van der Waals surface area contributed by atoms with E-state index in [1.54, 1.807) is 18.3 Å². The highest BCUT2D eigenvalue weighted by atomic mass is 32.2. The van der Waals surface area contributed by atoms with Crippen LogP contribution >= 0.6 is 11.8 Å². The van der Waals surface area contributed by atoms with Gasteiger partial charge in [0.05, 0.1) is 5.69 Å². The molecule has 0 aliphatic rings. The predicted molar refractivity (Wildman–Crippen MR) is 81.2 cm³/mol. The van der Waals surface area contributed by atoms with Gasteiger partial charge in [-0.3, -0.25) is 4.98 Å². The van der Waals surface area contributed by atoms with Crippen molar-refractivity contribution in [3.8, 4) is 11.4 Å². The lowest BCUT2D eigenvalue weighted by molar-refractivity contribution is 0.617. The molecule has 0 aliphatic carbocycles. The number of halogens is 1. The molecule has 0 bridgehead atoms. The van der Waals surface area contributed by atoms with E-state index in [0.29, 0.717) is 11.3 Å². The van der Waals surface area contributed by atoms with Gasteiger partial charge < -0.3 is 0 Å². The zero-order valence-electron chi connectivity index (χ0n) is 11.1. The summed E-state index contributed by atoms with van der Waals surface area (Å²) in [6.07, 6.45) is 1.72. The second-order valence-corrected chi connectivity index (χ2v) is 5.35. The molecule has 104 valence electrons. The average molecular weight is 297 g/mol. The molecule has 21 heavy (non-hydrogen) atoms. The number of hydrogen-bond acceptors (Lipinski definition) is 4. The van der Waals surface area contributed by atoms with Crippen molar-refractivity contribution >= 4 is 11.8 Å². The number of nitrogens with zero attached hydrogens (tertiary/aromatic N) is 3. The molecule has 0 radical (unpaired) electrons. The Balaban J connectivity index is 1.69. The predicted octanol–water partition coefficient (Wildman–Crippen LogP) is 3.97. The Morgan fingerprint density at radius 3 is 2.43 bits per heavy atom. The smallest absolute Gasteiger partial charge is 0.127 e. The highest BCUT2D eigenvalue weighted by Crippen LogP contribution is 2.23. The van der Waals surface area contributed by atoms with E-state index >= 15 is 0 Å². The molecule has 2 heterocycles. The minimum absolute atomic E-state index is 0.192. The van der Waals surface area contributed by atoms with Gasteiger partial charge in [0.1, 0.15) is 16.5 Å². The Morgan fingerprint density at radius 2 is 1.71 bits per heavy atom. The Bertz CT molecular complexity index is 717. The Kier molecular flexibility index (Phi) is 4.21. The molecule has 2 aromatic heterocycles. The normalized spacial score (nSPS) is 10.5. The van der Waals surface area contributed by atoms with Gasteiger partial charge in [-0.05, 0) is 35.9 Å². The maximum absolute atomic E-state index is 13.5. The molecule has 3 aromatic rings. The van der Waals surface area contributed by atoms with Crippen molar-refractivity contribution in [3.63, 3.8) is 0 Å². The number of aromatic nitrogens is 3. The number of thioether (sulfide) groups is 1. The van der Waals surface area contributed by atoms with Gasteiger partial charge in [0.15, 0.2) is 0 Å². The summed E-state index contributed by atoms with van der Waals surface area (Å²) < 4.78 is 13.5. The first kappa shape index (κ1) is 13.7. The Hall–Kier alpha value is -2.27. The van der Waals surface area contributed by atoms with Crippen molar-refractivity contribution < 1.29 is 4.39 Å². The summed E-state index contributed by atoms with van der Waals surface area (Å²) in [5.41, 5.74) is 2.18. The molecule has 0 amide bonds. The van der Waals surface area contributed by atoms with E-state index in [-0.39, 0.29) is 5.82 Å². The molecule has 0 saturated heterocycles. The number of benzene rings is 1. The maximum atomic E-state index is 13.5. The molecule has 3 rings (SSSR count). The highest BCUT2D eigenvalue weighted by Gasteiger charge is 2.05. The second-order valence-electron chi connectivity index (χ2n) is 4.35. The van der Waals surface area contributed by atoms with Gasteiger partial charge in [-0.2, -0.15) is 0 Å². The summed E-state index contributed by atoms with van der Waals surface area (Å²) in [5.74, 6) is 0.340. The molecule has 0 spiro atoms. The quantitative estimate of drug-likeness (QED) is 0.683. The fraction of sp³-hybridized carbons (Fsp3) is 0.0625. The van der Waals surface area contributed by atoms with E-state index in [1.165, 1.54) is 17.8 Å². The van der Waals surface area contributed by atoms with Gasteiger partial charge in [0, 0.05) is 11.9 Å². The van der Waals surface area contributed by atoms with Crippen LogP contribution in [0.1, 0.15) is 5.56 Å². The molecule has 3 nitrogen and oxygen atoms in total. The highest BCUT2D eigenvalue weighted by molar-refractivity contribution is 7.98. The molecule has 0 aliphatic heterocycles. The van der Waals surface area contributed by atoms with E-state index in [4.69, 9.17) is 0 Å². The van der Waals surface area contributed by atoms with Gasteiger partial charge in [-0.15, -0.1) is 10.2 Å². The summed E-state index contributed by atoms with van der Waals surface area (Å²) in [4.78, 5) is 4.22. The van der Waals surface area contributed by atoms with Crippen LogP contribution in [0.15, 0.2) is 65.8 Å². The maximum Gasteiger partial charge on any atom is 0.127 e. The van der Waals surface area contributed by atoms with Crippen LogP contribution in [0.2, 0.25) is 0 Å². The van der Waals surface area contributed by atoms with E-state index in [1.807, 2.05) is 36.4 Å². The van der Waals surface area contributed by atoms with Crippen LogP contribution in [0.25, 0.3) is 11.4 Å². The second kappa shape index (κ2) is 6.45. The third-order valence-electron chi connectivity index (χ3n) is 2.90. The van der Waals surface area contributed by atoms with Crippen LogP contribution in [-0.4, -0.2) is 15.2 Å². The van der Waals surface area contributed by atoms with Crippen molar-refractivity contribution in [2.45, 2.75) is 10.8 Å². The van der Waals surface area contributed by atoms with Crippen LogP contribution in [0.3, 0.4) is 0 Å². The van der Waals surface area contributed by atoms with Gasteiger partial charge in [0.2, 0.25) is 0 Å². The number of pyridine rings is 1. The summed E-state index contributed by atoms with van der Waals surface area (Å²) in [6.45, 7) is 0. The first-order chi connectivity index (χ1) is 10.3. The Morgan fingerprint density at radius 1 is 0.857 bits per heavy atom. The van der Waals surface area contributed by atoms with Crippen LogP contribution < -0.4 is 0 Å². The fourth-order valence-corrected chi connectivity index (χ4v) is 2.62. The topological polar surface area (TPSA) is 38.7 Å². The monoisotopic (exact) mass is 297 g/mol. The average Bonchev–Trinajstić information content (AvgIpc) is 2.55. The van der Waals surface area contributed by atoms with Crippen molar-refractivity contribution in [2.75, 3.05) is 0 Å². The van der Waals surface area contributed by atoms with Crippen molar-refractivity contribution in [1.82, 2.24) is 15.2 Å². The van der Waals surface area contributed by atoms with Crippen LogP contribution in [0.4, 0.5) is 4.39 Å². The Labute approximate surface area is 126 Å². The van der Waals surface area contributed by atoms with E-state index in [0.717, 1.165) is 16.4 Å². The van der Waals surface area contributed by atoms with E-state index < -0.39 is 0 Å². The fourth-order valence-electron chi connectivity index (χ4n) is 1.82. The SMILES string of the molecule is Fc1ccccc1CSc1ccc(-c2ccccn2)nn1. The lowest BCUT2D eigenvalue weighted by atomic mass is 10.2. The minimum Gasteiger partial charge on any atom is -0.255 e. The molecular weight excluding hydrogens is 285 g/mol. The van der Waals surface area contributed by atoms with Crippen LogP contribution in [-0.2, 0) is 5.75 Å². The van der Waals surface area contributed by atoms with E-state index in [9.17, 15) is 4.39 Å². The molecular formula is C16H12FN3S. The molecule has 0 saturated carbocycles. The molecule has 0 unspecified atom stereocenters. The zero-order chi connectivity index (χ0) is 14.5. The summed E-state index contributed by atoms with van der Waals surface area (Å²) >= 11 is 1.46. The first-order valence-corrected chi connectivity index (χ1v) is 7.43. The molecule has 1 aromatic carbocycles. The molecule has 0 N–H and O–H groups in total. The summed E-state index contributed by atoms with van der Waals surface area (Å²) in [6, 6.07) is 16.2. The lowest BCUT2D eigenvalue weighted by Gasteiger charge is -2.03. The zero-order valence-corrected chi connectivity index (χ0v) is 11.9. The standard InChI is InChI=1S/C16H12FN3S/c17-13-6-2-1-5-12(13)11-21-16-9-8-15(19-20-16)14-7-3-4-10-18-14/h1-10H,11H2. The number of rotatable bonds is 4. The third kappa shape index (κ3) is 3.44. The van der Waals surface area contributed by atoms with Crippen LogP contribution in [0.5, 0.6) is 0 Å². The summed E-state index contributed by atoms with van der Waals surface area (Å²) in [5, 5.41) is 9.07. The van der Waals surface area contributed by atoms with Gasteiger partial charge in [0.25, 0.3) is 0 Å². The molecule has 0 fully saturated rings. The number of hydrogen-bond donors (Lipinski definition) is 0. The van der Waals surface area contributed by atoms with Gasteiger partial charge in [-0.1, -0.05) is 36.0 Å². The lowest BCUT2D eigenvalue weighted by Crippen LogP contribution is -1.92. The van der Waals surface area contributed by atoms with Gasteiger partial charge >= 0.3 is 0 Å². The minimum atomic E-state index is -0.192. The van der Waals surface area contributed by atoms with Crippen molar-refractivity contribution in [1.29, 1.82) is 0 Å².